The molecule has 1 aromatic rings. The molecule has 3 rings (SSSR count). The molecule has 7 heteroatoms. The molecule has 2 aliphatic rings. The van der Waals surface area contributed by atoms with Crippen molar-refractivity contribution in [1.82, 2.24) is 15.5 Å². The van der Waals surface area contributed by atoms with Crippen LogP contribution in [0, 0.1) is 5.82 Å². The Labute approximate surface area is 127 Å². The van der Waals surface area contributed by atoms with Crippen LogP contribution in [-0.2, 0) is 16.1 Å². The van der Waals surface area contributed by atoms with Crippen LogP contribution in [0.2, 0.25) is 0 Å². The molecule has 2 amide bonds. The van der Waals surface area contributed by atoms with Crippen LogP contribution in [0.15, 0.2) is 24.3 Å². The number of carbonyl (C=O) groups is 2. The van der Waals surface area contributed by atoms with E-state index in [9.17, 15) is 14.0 Å². The van der Waals surface area contributed by atoms with Crippen molar-refractivity contribution in [2.45, 2.75) is 31.1 Å². The largest absolute Gasteiger partial charge is 0.394 e. The zero-order valence-electron chi connectivity index (χ0n) is 12.0. The zero-order chi connectivity index (χ0) is 15.7. The first-order valence-corrected chi connectivity index (χ1v) is 7.28. The highest BCUT2D eigenvalue weighted by Gasteiger charge is 2.45. The minimum absolute atomic E-state index is 0.0725. The van der Waals surface area contributed by atoms with Gasteiger partial charge in [-0.3, -0.25) is 9.59 Å². The molecule has 1 aromatic carbocycles. The predicted molar refractivity (Wildman–Crippen MR) is 76.2 cm³/mol. The number of carbonyl (C=O) groups excluding carboxylic acids is 2. The second-order valence-electron chi connectivity index (χ2n) is 5.66. The number of fused-ring (bicyclic) bond motifs is 1. The quantitative estimate of drug-likeness (QED) is 0.692. The molecule has 118 valence electrons. The van der Waals surface area contributed by atoms with Crippen LogP contribution < -0.4 is 10.6 Å². The second kappa shape index (κ2) is 6.02. The normalized spacial score (nSPS) is 27.7. The summed E-state index contributed by atoms with van der Waals surface area (Å²) >= 11 is 0. The van der Waals surface area contributed by atoms with E-state index in [2.05, 4.69) is 10.6 Å². The lowest BCUT2D eigenvalue weighted by atomic mass is 10.1. The van der Waals surface area contributed by atoms with Gasteiger partial charge in [-0.25, -0.2) is 4.39 Å². The van der Waals surface area contributed by atoms with E-state index in [4.69, 9.17) is 5.11 Å². The first-order valence-electron chi connectivity index (χ1n) is 7.28. The van der Waals surface area contributed by atoms with E-state index >= 15 is 0 Å². The molecule has 0 radical (unpaired) electrons. The van der Waals surface area contributed by atoms with Crippen LogP contribution in [0.25, 0.3) is 0 Å². The van der Waals surface area contributed by atoms with Crippen LogP contribution in [-0.4, -0.2) is 53.1 Å². The number of aliphatic hydroxyl groups excluding tert-OH is 1. The van der Waals surface area contributed by atoms with Crippen LogP contribution in [0.4, 0.5) is 4.39 Å². The van der Waals surface area contributed by atoms with E-state index in [-0.39, 0.29) is 23.7 Å². The van der Waals surface area contributed by atoms with Gasteiger partial charge < -0.3 is 20.6 Å². The van der Waals surface area contributed by atoms with Crippen molar-refractivity contribution in [3.8, 4) is 0 Å². The Balaban J connectivity index is 1.63. The van der Waals surface area contributed by atoms with Gasteiger partial charge in [-0.05, 0) is 12.5 Å². The van der Waals surface area contributed by atoms with Crippen molar-refractivity contribution >= 4 is 11.8 Å². The first-order chi connectivity index (χ1) is 10.6. The Morgan fingerprint density at radius 3 is 2.86 bits per heavy atom. The number of benzene rings is 1. The number of amides is 2. The third kappa shape index (κ3) is 2.69. The van der Waals surface area contributed by atoms with Gasteiger partial charge in [-0.1, -0.05) is 18.2 Å². The molecule has 0 unspecified atom stereocenters. The van der Waals surface area contributed by atoms with E-state index < -0.39 is 18.7 Å². The molecule has 3 atom stereocenters. The number of hydrogen-bond acceptors (Lipinski definition) is 4. The monoisotopic (exact) mass is 307 g/mol. The summed E-state index contributed by atoms with van der Waals surface area (Å²) in [4.78, 5) is 25.6. The Kier molecular flexibility index (Phi) is 4.08. The molecule has 3 N–H and O–H groups in total. The summed E-state index contributed by atoms with van der Waals surface area (Å²) in [5.74, 6) is -0.781. The minimum Gasteiger partial charge on any atom is -0.394 e. The number of nitrogens with zero attached hydrogens (tertiary/aromatic N) is 1. The number of piperazine rings is 1. The van der Waals surface area contributed by atoms with Gasteiger partial charge in [0, 0.05) is 24.7 Å². The Morgan fingerprint density at radius 2 is 2.14 bits per heavy atom. The summed E-state index contributed by atoms with van der Waals surface area (Å²) in [6.07, 6.45) is 0.490. The molecule has 0 bridgehead atoms. The molecule has 0 aliphatic carbocycles. The summed E-state index contributed by atoms with van der Waals surface area (Å²) < 4.78 is 13.6. The fourth-order valence-corrected chi connectivity index (χ4v) is 3.03. The second-order valence-corrected chi connectivity index (χ2v) is 5.66. The fourth-order valence-electron chi connectivity index (χ4n) is 3.03. The summed E-state index contributed by atoms with van der Waals surface area (Å²) in [5.41, 5.74) is 0.552. The van der Waals surface area contributed by atoms with E-state index in [1.807, 2.05) is 0 Å². The Hall–Kier alpha value is -1.99. The number of nitrogens with one attached hydrogen (secondary N) is 2. The lowest BCUT2D eigenvalue weighted by molar-refractivity contribution is -0.148. The van der Waals surface area contributed by atoms with Gasteiger partial charge in [-0.15, -0.1) is 0 Å². The number of halogens is 1. The van der Waals surface area contributed by atoms with Gasteiger partial charge in [0.1, 0.15) is 17.9 Å². The predicted octanol–water partition coefficient (Wildman–Crippen LogP) is -0.624. The third-order valence-electron chi connectivity index (χ3n) is 4.22. The lowest BCUT2D eigenvalue weighted by Gasteiger charge is -2.33. The Bertz CT molecular complexity index is 595. The first kappa shape index (κ1) is 14.9. The molecule has 2 saturated heterocycles. The zero-order valence-corrected chi connectivity index (χ0v) is 12.0. The fraction of sp³-hybridized carbons (Fsp3) is 0.467. The van der Waals surface area contributed by atoms with Crippen molar-refractivity contribution in [3.63, 3.8) is 0 Å². The third-order valence-corrected chi connectivity index (χ3v) is 4.22. The summed E-state index contributed by atoms with van der Waals surface area (Å²) in [7, 11) is 0. The molecule has 0 spiro atoms. The number of hydrogen-bond donors (Lipinski definition) is 3. The van der Waals surface area contributed by atoms with Crippen LogP contribution >= 0.6 is 0 Å². The lowest BCUT2D eigenvalue weighted by Crippen LogP contribution is -2.62. The maximum atomic E-state index is 13.6. The van der Waals surface area contributed by atoms with Gasteiger partial charge >= 0.3 is 0 Å². The van der Waals surface area contributed by atoms with Gasteiger partial charge in [-0.2, -0.15) is 0 Å². The van der Waals surface area contributed by atoms with E-state index in [0.29, 0.717) is 25.1 Å². The topological polar surface area (TPSA) is 81.7 Å². The number of rotatable bonds is 4. The summed E-state index contributed by atoms with van der Waals surface area (Å²) in [6.45, 7) is 0.333. The van der Waals surface area contributed by atoms with Crippen LogP contribution in [0.1, 0.15) is 12.0 Å². The minimum atomic E-state index is -0.853. The number of aliphatic hydroxyl groups is 1. The molecule has 2 heterocycles. The highest BCUT2D eigenvalue weighted by Crippen LogP contribution is 2.23. The average molecular weight is 307 g/mol. The van der Waals surface area contributed by atoms with E-state index in [0.717, 1.165) is 0 Å². The van der Waals surface area contributed by atoms with Crippen molar-refractivity contribution in [2.24, 2.45) is 0 Å². The molecule has 2 fully saturated rings. The molecular formula is C15H18FN3O3. The molecule has 0 saturated carbocycles. The maximum absolute atomic E-state index is 13.6. The van der Waals surface area contributed by atoms with Crippen LogP contribution in [0.3, 0.4) is 0 Å². The molecule has 0 aromatic heterocycles. The van der Waals surface area contributed by atoms with Gasteiger partial charge in [0.2, 0.25) is 11.8 Å². The Morgan fingerprint density at radius 1 is 1.36 bits per heavy atom. The van der Waals surface area contributed by atoms with Gasteiger partial charge in [0.05, 0.1) is 6.61 Å². The molecule has 6 nitrogen and oxygen atoms in total. The summed E-state index contributed by atoms with van der Waals surface area (Å²) in [5, 5.41) is 14.8. The smallest absolute Gasteiger partial charge is 0.248 e. The van der Waals surface area contributed by atoms with E-state index in [1.54, 1.807) is 18.2 Å². The standard InChI is InChI=1S/C15H18FN3O3/c16-11-4-2-1-3-9(11)6-17-10-5-13-14(21)18-12(8-20)15(22)19(13)7-10/h1-4,10,12-13,17,20H,5-8H2,(H,18,21)/t10-,12-,13-/m0/s1. The van der Waals surface area contributed by atoms with Crippen LogP contribution in [0.5, 0.6) is 0 Å². The van der Waals surface area contributed by atoms with E-state index in [1.165, 1.54) is 11.0 Å². The SMILES string of the molecule is O=C1N[C@@H](CO)C(=O)N2C[C@@H](NCc3ccccc3F)C[C@@H]12. The average Bonchev–Trinajstić information content (AvgIpc) is 2.95. The van der Waals surface area contributed by atoms with Crippen molar-refractivity contribution in [1.29, 1.82) is 0 Å². The highest BCUT2D eigenvalue weighted by molar-refractivity contribution is 5.97. The maximum Gasteiger partial charge on any atom is 0.248 e. The van der Waals surface area contributed by atoms with Crippen molar-refractivity contribution < 1.29 is 19.1 Å². The highest BCUT2D eigenvalue weighted by atomic mass is 19.1. The van der Waals surface area contributed by atoms with Crippen molar-refractivity contribution in [3.05, 3.63) is 35.6 Å². The van der Waals surface area contributed by atoms with Crippen molar-refractivity contribution in [2.75, 3.05) is 13.2 Å². The summed E-state index contributed by atoms with van der Waals surface area (Å²) in [6, 6.07) is 5.06. The molecular weight excluding hydrogens is 289 g/mol. The molecule has 22 heavy (non-hydrogen) atoms. The van der Waals surface area contributed by atoms with Gasteiger partial charge in [0.15, 0.2) is 0 Å². The molecule has 2 aliphatic heterocycles. The van der Waals surface area contributed by atoms with Gasteiger partial charge in [0.25, 0.3) is 0 Å².